The molecule has 1 N–H and O–H groups in total. The molecular weight excluding hydrogens is 312 g/mol. The maximum absolute atomic E-state index is 13.1. The lowest BCUT2D eigenvalue weighted by Crippen LogP contribution is -2.19. The Labute approximate surface area is 133 Å². The molecule has 2 rings (SSSR count). The lowest BCUT2D eigenvalue weighted by molar-refractivity contribution is 0.401. The zero-order chi connectivity index (χ0) is 15.4. The molecule has 5 heteroatoms. The van der Waals surface area contributed by atoms with E-state index < -0.39 is 0 Å². The minimum atomic E-state index is -0.343. The Morgan fingerprint density at radius 3 is 2.57 bits per heavy atom. The summed E-state index contributed by atoms with van der Waals surface area (Å²) in [5.41, 5.74) is 1.80. The molecule has 1 unspecified atom stereocenters. The molecule has 0 aliphatic heterocycles. The summed E-state index contributed by atoms with van der Waals surface area (Å²) in [5, 5.41) is 4.27. The number of methoxy groups -OCH3 is 1. The molecule has 2 aromatic carbocycles. The first kappa shape index (κ1) is 16.1. The van der Waals surface area contributed by atoms with Crippen molar-refractivity contribution < 1.29 is 9.13 Å². The van der Waals surface area contributed by atoms with E-state index in [1.54, 1.807) is 19.2 Å². The van der Waals surface area contributed by atoms with Gasteiger partial charge >= 0.3 is 0 Å². The molecular formula is C16H16Cl2FNO. The molecule has 0 aliphatic rings. The van der Waals surface area contributed by atoms with Crippen LogP contribution in [0.15, 0.2) is 36.4 Å². The maximum atomic E-state index is 13.1. The van der Waals surface area contributed by atoms with Crippen LogP contribution >= 0.6 is 23.2 Å². The van der Waals surface area contributed by atoms with Crippen LogP contribution in [0.3, 0.4) is 0 Å². The van der Waals surface area contributed by atoms with Gasteiger partial charge in [-0.25, -0.2) is 4.39 Å². The number of hydrogen-bond acceptors (Lipinski definition) is 2. The van der Waals surface area contributed by atoms with Crippen molar-refractivity contribution in [2.45, 2.75) is 12.5 Å². The average molecular weight is 328 g/mol. The van der Waals surface area contributed by atoms with Crippen LogP contribution in [-0.4, -0.2) is 14.2 Å². The van der Waals surface area contributed by atoms with Crippen molar-refractivity contribution in [3.05, 3.63) is 63.4 Å². The van der Waals surface area contributed by atoms with Crippen LogP contribution in [0, 0.1) is 5.82 Å². The number of ether oxygens (including phenoxy) is 1. The van der Waals surface area contributed by atoms with Gasteiger partial charge in [-0.1, -0.05) is 29.3 Å². The van der Waals surface area contributed by atoms with Gasteiger partial charge in [0.15, 0.2) is 0 Å². The third kappa shape index (κ3) is 3.88. The van der Waals surface area contributed by atoms with E-state index in [1.807, 2.05) is 19.2 Å². The highest BCUT2D eigenvalue weighted by Gasteiger charge is 2.17. The van der Waals surface area contributed by atoms with E-state index in [2.05, 4.69) is 5.32 Å². The Morgan fingerprint density at radius 1 is 1.19 bits per heavy atom. The van der Waals surface area contributed by atoms with Crippen LogP contribution in [0.5, 0.6) is 5.75 Å². The lowest BCUT2D eigenvalue weighted by Gasteiger charge is -2.20. The summed E-state index contributed by atoms with van der Waals surface area (Å²) in [5.74, 6) is 0.405. The molecule has 2 nitrogen and oxygen atoms in total. The van der Waals surface area contributed by atoms with Crippen molar-refractivity contribution in [2.75, 3.05) is 14.2 Å². The Kier molecular flexibility index (Phi) is 5.45. The normalized spacial score (nSPS) is 12.2. The van der Waals surface area contributed by atoms with E-state index >= 15 is 0 Å². The second-order valence-corrected chi connectivity index (χ2v) is 5.51. The molecule has 2 aromatic rings. The van der Waals surface area contributed by atoms with Crippen molar-refractivity contribution >= 4 is 23.2 Å². The minimum absolute atomic E-state index is 0.0402. The number of halogens is 3. The van der Waals surface area contributed by atoms with Gasteiger partial charge in [0, 0.05) is 21.7 Å². The van der Waals surface area contributed by atoms with Gasteiger partial charge in [0.1, 0.15) is 11.6 Å². The molecule has 0 aliphatic carbocycles. The van der Waals surface area contributed by atoms with Gasteiger partial charge < -0.3 is 10.1 Å². The molecule has 0 amide bonds. The van der Waals surface area contributed by atoms with Gasteiger partial charge in [-0.3, -0.25) is 0 Å². The number of hydrogen-bond donors (Lipinski definition) is 1. The van der Waals surface area contributed by atoms with E-state index in [0.29, 0.717) is 16.5 Å². The highest BCUT2D eigenvalue weighted by atomic mass is 35.5. The minimum Gasteiger partial charge on any atom is -0.496 e. The Bertz CT molecular complexity index is 634. The van der Waals surface area contributed by atoms with Crippen LogP contribution in [0.1, 0.15) is 17.2 Å². The van der Waals surface area contributed by atoms with Gasteiger partial charge in [-0.2, -0.15) is 0 Å². The third-order valence-corrected chi connectivity index (χ3v) is 3.94. The zero-order valence-corrected chi connectivity index (χ0v) is 13.3. The third-order valence-electron chi connectivity index (χ3n) is 3.35. The highest BCUT2D eigenvalue weighted by molar-refractivity contribution is 6.31. The molecule has 112 valence electrons. The van der Waals surface area contributed by atoms with Crippen LogP contribution in [-0.2, 0) is 6.42 Å². The van der Waals surface area contributed by atoms with Crippen molar-refractivity contribution in [2.24, 2.45) is 0 Å². The SMILES string of the molecule is CNC(Cc1ccc(F)cc1Cl)c1cc(Cl)ccc1OC. The molecule has 1 atom stereocenters. The quantitative estimate of drug-likeness (QED) is 0.863. The second-order valence-electron chi connectivity index (χ2n) is 4.67. The molecule has 0 saturated carbocycles. The van der Waals surface area contributed by atoms with E-state index in [-0.39, 0.29) is 11.9 Å². The molecule has 0 saturated heterocycles. The van der Waals surface area contributed by atoms with Gasteiger partial charge in [-0.05, 0) is 49.4 Å². The van der Waals surface area contributed by atoms with E-state index in [9.17, 15) is 4.39 Å². The predicted molar refractivity (Wildman–Crippen MR) is 84.9 cm³/mol. The summed E-state index contributed by atoms with van der Waals surface area (Å²) < 4.78 is 18.5. The standard InChI is InChI=1S/C16H16Cl2FNO/c1-20-15(7-10-3-5-12(19)9-14(10)18)13-8-11(17)4-6-16(13)21-2/h3-6,8-9,15,20H,7H2,1-2H3. The van der Waals surface area contributed by atoms with Gasteiger partial charge in [0.05, 0.1) is 7.11 Å². The topological polar surface area (TPSA) is 21.3 Å². The Hall–Kier alpha value is -1.29. The number of benzene rings is 2. The first-order valence-corrected chi connectivity index (χ1v) is 7.25. The second kappa shape index (κ2) is 7.12. The van der Waals surface area contributed by atoms with Crippen LogP contribution in [0.25, 0.3) is 0 Å². The van der Waals surface area contributed by atoms with Crippen molar-refractivity contribution in [3.63, 3.8) is 0 Å². The van der Waals surface area contributed by atoms with E-state index in [4.69, 9.17) is 27.9 Å². The molecule has 0 aromatic heterocycles. The number of rotatable bonds is 5. The largest absolute Gasteiger partial charge is 0.496 e. The zero-order valence-electron chi connectivity index (χ0n) is 11.8. The fourth-order valence-electron chi connectivity index (χ4n) is 2.25. The van der Waals surface area contributed by atoms with Crippen molar-refractivity contribution in [3.8, 4) is 5.75 Å². The molecule has 21 heavy (non-hydrogen) atoms. The average Bonchev–Trinajstić information content (AvgIpc) is 2.46. The summed E-state index contributed by atoms with van der Waals surface area (Å²) in [7, 11) is 3.47. The van der Waals surface area contributed by atoms with Crippen LogP contribution < -0.4 is 10.1 Å². The smallest absolute Gasteiger partial charge is 0.124 e. The maximum Gasteiger partial charge on any atom is 0.124 e. The summed E-state index contributed by atoms with van der Waals surface area (Å²) >= 11 is 12.2. The molecule has 0 spiro atoms. The fraction of sp³-hybridized carbons (Fsp3) is 0.250. The van der Waals surface area contributed by atoms with Gasteiger partial charge in [-0.15, -0.1) is 0 Å². The van der Waals surface area contributed by atoms with Gasteiger partial charge in [0.25, 0.3) is 0 Å². The lowest BCUT2D eigenvalue weighted by atomic mass is 9.98. The highest BCUT2D eigenvalue weighted by Crippen LogP contribution is 2.31. The summed E-state index contributed by atoms with van der Waals surface area (Å²) in [6.45, 7) is 0. The number of nitrogens with one attached hydrogen (secondary N) is 1. The summed E-state index contributed by atoms with van der Waals surface area (Å²) in [6.07, 6.45) is 0.603. The molecule has 0 heterocycles. The summed E-state index contributed by atoms with van der Waals surface area (Å²) in [4.78, 5) is 0. The monoisotopic (exact) mass is 327 g/mol. The Morgan fingerprint density at radius 2 is 1.95 bits per heavy atom. The Balaban J connectivity index is 2.34. The van der Waals surface area contributed by atoms with Gasteiger partial charge in [0.2, 0.25) is 0 Å². The predicted octanol–water partition coefficient (Wildman–Crippen LogP) is 4.64. The first-order chi connectivity index (χ1) is 10.0. The molecule has 0 radical (unpaired) electrons. The van der Waals surface area contributed by atoms with Crippen molar-refractivity contribution in [1.82, 2.24) is 5.32 Å². The van der Waals surface area contributed by atoms with E-state index in [1.165, 1.54) is 12.1 Å². The molecule has 0 fully saturated rings. The number of likely N-dealkylation sites (N-methyl/N-ethyl adjacent to an activating group) is 1. The van der Waals surface area contributed by atoms with E-state index in [0.717, 1.165) is 16.9 Å². The van der Waals surface area contributed by atoms with Crippen molar-refractivity contribution in [1.29, 1.82) is 0 Å². The molecule has 0 bridgehead atoms. The van der Waals surface area contributed by atoms with Crippen LogP contribution in [0.2, 0.25) is 10.0 Å². The first-order valence-electron chi connectivity index (χ1n) is 6.49. The summed E-state index contributed by atoms with van der Waals surface area (Å²) in [6, 6.07) is 9.84. The fourth-order valence-corrected chi connectivity index (χ4v) is 2.68. The van der Waals surface area contributed by atoms with Crippen LogP contribution in [0.4, 0.5) is 4.39 Å².